The Balaban J connectivity index is 2.32. The number of hydrogen-bond acceptors (Lipinski definition) is 1. The van der Waals surface area contributed by atoms with Gasteiger partial charge in [0.05, 0.1) is 0 Å². The third-order valence-electron chi connectivity index (χ3n) is 2.49. The smallest absolute Gasteiger partial charge is 0.0216 e. The number of fused-ring (bicyclic) bond motifs is 1. The second-order valence-electron chi connectivity index (χ2n) is 3.28. The molecule has 0 aromatic rings. The average molecular weight is 109 g/mol. The summed E-state index contributed by atoms with van der Waals surface area (Å²) in [5.41, 5.74) is 2.18. The van der Waals surface area contributed by atoms with E-state index in [0.29, 0.717) is 5.41 Å². The molecule has 0 amide bonds. The Morgan fingerprint density at radius 1 is 1.75 bits per heavy atom. The van der Waals surface area contributed by atoms with Crippen molar-refractivity contribution in [2.24, 2.45) is 11.3 Å². The SMILES string of the molecule is CC1(C)C2=CNCC21. The normalized spacial score (nSPS) is 37.8. The molecule has 0 spiro atoms. The Morgan fingerprint density at radius 3 is 2.75 bits per heavy atom. The van der Waals surface area contributed by atoms with Crippen molar-refractivity contribution in [1.82, 2.24) is 5.32 Å². The minimum atomic E-state index is 0.561. The zero-order valence-corrected chi connectivity index (χ0v) is 5.36. The highest BCUT2D eigenvalue weighted by atomic mass is 14.9. The van der Waals surface area contributed by atoms with Gasteiger partial charge >= 0.3 is 0 Å². The molecule has 1 nitrogen and oxygen atoms in total. The van der Waals surface area contributed by atoms with E-state index in [9.17, 15) is 0 Å². The molecule has 2 rings (SSSR count). The second kappa shape index (κ2) is 0.949. The van der Waals surface area contributed by atoms with Crippen LogP contribution in [-0.4, -0.2) is 6.54 Å². The monoisotopic (exact) mass is 109 g/mol. The van der Waals surface area contributed by atoms with Crippen molar-refractivity contribution in [3.05, 3.63) is 11.8 Å². The van der Waals surface area contributed by atoms with E-state index in [0.717, 1.165) is 5.92 Å². The van der Waals surface area contributed by atoms with Crippen LogP contribution in [0.15, 0.2) is 11.8 Å². The van der Waals surface area contributed by atoms with E-state index in [1.54, 1.807) is 5.57 Å². The topological polar surface area (TPSA) is 12.0 Å². The van der Waals surface area contributed by atoms with Crippen LogP contribution in [0.1, 0.15) is 13.8 Å². The maximum absolute atomic E-state index is 3.22. The molecule has 1 unspecified atom stereocenters. The Labute approximate surface area is 49.8 Å². The lowest BCUT2D eigenvalue weighted by Crippen LogP contribution is -2.09. The maximum Gasteiger partial charge on any atom is 0.0216 e. The van der Waals surface area contributed by atoms with Gasteiger partial charge in [0, 0.05) is 12.5 Å². The van der Waals surface area contributed by atoms with Crippen molar-refractivity contribution in [1.29, 1.82) is 0 Å². The highest BCUT2D eigenvalue weighted by Crippen LogP contribution is 2.58. The lowest BCUT2D eigenvalue weighted by Gasteiger charge is -2.01. The van der Waals surface area contributed by atoms with E-state index in [-0.39, 0.29) is 0 Å². The summed E-state index contributed by atoms with van der Waals surface area (Å²) in [6.45, 7) is 5.80. The first kappa shape index (κ1) is 4.42. The summed E-state index contributed by atoms with van der Waals surface area (Å²) >= 11 is 0. The molecule has 1 N–H and O–H groups in total. The molecule has 0 radical (unpaired) electrons. The van der Waals surface area contributed by atoms with Gasteiger partial charge in [0.2, 0.25) is 0 Å². The number of hydrogen-bond donors (Lipinski definition) is 1. The fraction of sp³-hybridized carbons (Fsp3) is 0.714. The van der Waals surface area contributed by atoms with Crippen LogP contribution in [0.3, 0.4) is 0 Å². The van der Waals surface area contributed by atoms with Gasteiger partial charge < -0.3 is 5.32 Å². The van der Waals surface area contributed by atoms with Gasteiger partial charge in [0.15, 0.2) is 0 Å². The van der Waals surface area contributed by atoms with Gasteiger partial charge in [-0.3, -0.25) is 0 Å². The molecule has 1 saturated carbocycles. The lowest BCUT2D eigenvalue weighted by molar-refractivity contribution is 0.543. The van der Waals surface area contributed by atoms with Crippen LogP contribution in [0.25, 0.3) is 0 Å². The van der Waals surface area contributed by atoms with Crippen LogP contribution < -0.4 is 5.32 Å². The van der Waals surface area contributed by atoms with Gasteiger partial charge in [-0.15, -0.1) is 0 Å². The van der Waals surface area contributed by atoms with Crippen LogP contribution >= 0.6 is 0 Å². The highest BCUT2D eigenvalue weighted by Gasteiger charge is 2.53. The van der Waals surface area contributed by atoms with Crippen LogP contribution in [0.5, 0.6) is 0 Å². The molecular formula is C7H11N. The van der Waals surface area contributed by atoms with Gasteiger partial charge in [-0.05, 0) is 17.2 Å². The zero-order chi connectivity index (χ0) is 5.78. The number of nitrogens with one attached hydrogen (secondary N) is 1. The Bertz CT molecular complexity index is 156. The van der Waals surface area contributed by atoms with Crippen molar-refractivity contribution >= 4 is 0 Å². The van der Waals surface area contributed by atoms with Crippen LogP contribution in [-0.2, 0) is 0 Å². The Morgan fingerprint density at radius 2 is 2.50 bits per heavy atom. The minimum Gasteiger partial charge on any atom is -0.390 e. The molecule has 0 bridgehead atoms. The van der Waals surface area contributed by atoms with E-state index in [4.69, 9.17) is 0 Å². The van der Waals surface area contributed by atoms with Gasteiger partial charge in [0.1, 0.15) is 0 Å². The maximum atomic E-state index is 3.22. The predicted molar refractivity (Wildman–Crippen MR) is 33.4 cm³/mol. The fourth-order valence-corrected chi connectivity index (χ4v) is 1.61. The molecule has 0 saturated heterocycles. The largest absolute Gasteiger partial charge is 0.390 e. The van der Waals surface area contributed by atoms with E-state index < -0.39 is 0 Å². The molecule has 1 heterocycles. The summed E-state index contributed by atoms with van der Waals surface area (Å²) in [4.78, 5) is 0. The first-order valence-corrected chi connectivity index (χ1v) is 3.17. The summed E-state index contributed by atoms with van der Waals surface area (Å²) in [6.07, 6.45) is 2.17. The summed E-state index contributed by atoms with van der Waals surface area (Å²) in [5, 5.41) is 3.22. The predicted octanol–water partition coefficient (Wildman–Crippen LogP) is 1.13. The van der Waals surface area contributed by atoms with Crippen molar-refractivity contribution in [2.45, 2.75) is 13.8 Å². The fourth-order valence-electron chi connectivity index (χ4n) is 1.61. The second-order valence-corrected chi connectivity index (χ2v) is 3.28. The Kier molecular flexibility index (Phi) is 0.525. The van der Waals surface area contributed by atoms with E-state index in [2.05, 4.69) is 25.4 Å². The quantitative estimate of drug-likeness (QED) is 0.491. The van der Waals surface area contributed by atoms with Crippen LogP contribution in [0, 0.1) is 11.3 Å². The third-order valence-corrected chi connectivity index (χ3v) is 2.49. The molecule has 1 heteroatoms. The molecule has 1 fully saturated rings. The van der Waals surface area contributed by atoms with Crippen molar-refractivity contribution in [2.75, 3.05) is 6.54 Å². The van der Waals surface area contributed by atoms with E-state index in [1.165, 1.54) is 6.54 Å². The average Bonchev–Trinajstić information content (AvgIpc) is 2.22. The van der Waals surface area contributed by atoms with Crippen LogP contribution in [0.2, 0.25) is 0 Å². The van der Waals surface area contributed by atoms with E-state index >= 15 is 0 Å². The summed E-state index contributed by atoms with van der Waals surface area (Å²) < 4.78 is 0. The molecule has 1 aliphatic carbocycles. The van der Waals surface area contributed by atoms with Crippen molar-refractivity contribution in [3.63, 3.8) is 0 Å². The lowest BCUT2D eigenvalue weighted by atomic mass is 10.1. The van der Waals surface area contributed by atoms with E-state index in [1.807, 2.05) is 0 Å². The Hall–Kier alpha value is -0.460. The molecule has 2 aliphatic rings. The highest BCUT2D eigenvalue weighted by molar-refractivity contribution is 5.39. The molecule has 1 atom stereocenters. The molecule has 0 aromatic heterocycles. The summed E-state index contributed by atoms with van der Waals surface area (Å²) in [7, 11) is 0. The van der Waals surface area contributed by atoms with Gasteiger partial charge in [-0.1, -0.05) is 13.8 Å². The first-order valence-electron chi connectivity index (χ1n) is 3.17. The van der Waals surface area contributed by atoms with Gasteiger partial charge in [0.25, 0.3) is 0 Å². The molecular weight excluding hydrogens is 98.1 g/mol. The molecule has 8 heavy (non-hydrogen) atoms. The number of rotatable bonds is 0. The zero-order valence-electron chi connectivity index (χ0n) is 5.36. The summed E-state index contributed by atoms with van der Waals surface area (Å²) in [5.74, 6) is 0.877. The minimum absolute atomic E-state index is 0.561. The molecule has 1 aliphatic heterocycles. The first-order chi connectivity index (χ1) is 3.73. The van der Waals surface area contributed by atoms with Crippen molar-refractivity contribution in [3.8, 4) is 0 Å². The molecule has 44 valence electrons. The standard InChI is InChI=1S/C7H11N/c1-7(2)5-3-8-4-6(5)7/h3,6,8H,4H2,1-2H3. The van der Waals surface area contributed by atoms with Crippen molar-refractivity contribution < 1.29 is 0 Å². The van der Waals surface area contributed by atoms with Crippen LogP contribution in [0.4, 0.5) is 0 Å². The third kappa shape index (κ3) is 0.299. The van der Waals surface area contributed by atoms with Gasteiger partial charge in [-0.25, -0.2) is 0 Å². The van der Waals surface area contributed by atoms with Gasteiger partial charge in [-0.2, -0.15) is 0 Å². The summed E-state index contributed by atoms with van der Waals surface area (Å²) in [6, 6.07) is 0. The molecule has 0 aromatic carbocycles.